The normalized spacial score (nSPS) is 13.1. The van der Waals surface area contributed by atoms with Crippen molar-refractivity contribution in [3.05, 3.63) is 60.3 Å². The van der Waals surface area contributed by atoms with Crippen LogP contribution < -0.4 is 14.8 Å². The van der Waals surface area contributed by atoms with Crippen LogP contribution in [0.3, 0.4) is 0 Å². The molecule has 0 saturated carbocycles. The van der Waals surface area contributed by atoms with Gasteiger partial charge in [0.15, 0.2) is 11.5 Å². The average Bonchev–Trinajstić information content (AvgIpc) is 3.41. The molecule has 0 aliphatic carbocycles. The summed E-state index contributed by atoms with van der Waals surface area (Å²) in [6.45, 7) is 0.486. The fourth-order valence-electron chi connectivity index (χ4n) is 3.20. The van der Waals surface area contributed by atoms with Gasteiger partial charge in [-0.05, 0) is 24.1 Å². The Labute approximate surface area is 173 Å². The van der Waals surface area contributed by atoms with Gasteiger partial charge in [-0.2, -0.15) is 0 Å². The van der Waals surface area contributed by atoms with Crippen molar-refractivity contribution in [1.29, 1.82) is 0 Å². The number of aryl methyl sites for hydroxylation is 1. The summed E-state index contributed by atoms with van der Waals surface area (Å²) in [4.78, 5) is 12.3. The molecule has 10 heteroatoms. The van der Waals surface area contributed by atoms with Gasteiger partial charge in [-0.25, -0.2) is 0 Å². The van der Waals surface area contributed by atoms with Gasteiger partial charge < -0.3 is 24.8 Å². The Hall–Kier alpha value is -3.37. The smallest absolute Gasteiger partial charge is 0.454 e. The van der Waals surface area contributed by atoms with Crippen LogP contribution in [0.15, 0.2) is 54.7 Å². The zero-order chi connectivity index (χ0) is 20.9. The molecule has 2 heterocycles. The molecule has 3 N–H and O–H groups in total. The van der Waals surface area contributed by atoms with E-state index in [0.717, 1.165) is 16.8 Å². The van der Waals surface area contributed by atoms with Crippen LogP contribution in [-0.2, 0) is 17.8 Å². The van der Waals surface area contributed by atoms with Gasteiger partial charge >= 0.3 is 7.12 Å². The maximum Gasteiger partial charge on any atom is 0.475 e. The summed E-state index contributed by atoms with van der Waals surface area (Å²) in [7, 11) is -1.70. The third kappa shape index (κ3) is 4.78. The highest BCUT2D eigenvalue weighted by molar-refractivity contribution is 6.43. The third-order valence-corrected chi connectivity index (χ3v) is 4.78. The van der Waals surface area contributed by atoms with Crippen molar-refractivity contribution in [2.24, 2.45) is 0 Å². The molecule has 0 saturated heterocycles. The van der Waals surface area contributed by atoms with Gasteiger partial charge in [0.1, 0.15) is 5.69 Å². The fourth-order valence-corrected chi connectivity index (χ4v) is 3.20. The number of hydrogen-bond acceptors (Lipinski definition) is 7. The van der Waals surface area contributed by atoms with Gasteiger partial charge in [0.05, 0.1) is 18.7 Å². The predicted octanol–water partition coefficient (Wildman–Crippen LogP) is 0.803. The Morgan fingerprint density at radius 2 is 1.97 bits per heavy atom. The van der Waals surface area contributed by atoms with Gasteiger partial charge in [-0.15, -0.1) is 5.10 Å². The summed E-state index contributed by atoms with van der Waals surface area (Å²) in [6, 6.07) is 15.0. The number of rotatable bonds is 8. The van der Waals surface area contributed by atoms with Crippen LogP contribution >= 0.6 is 0 Å². The Bertz CT molecular complexity index is 1010. The molecule has 1 atom stereocenters. The number of nitrogens with zero attached hydrogens (tertiary/aromatic N) is 3. The lowest BCUT2D eigenvalue weighted by Gasteiger charge is -2.18. The van der Waals surface area contributed by atoms with E-state index in [1.54, 1.807) is 29.1 Å². The highest BCUT2D eigenvalue weighted by Crippen LogP contribution is 2.32. The highest BCUT2D eigenvalue weighted by Gasteiger charge is 2.26. The maximum absolute atomic E-state index is 12.3. The second kappa shape index (κ2) is 8.97. The lowest BCUT2D eigenvalue weighted by Crippen LogP contribution is -2.48. The minimum absolute atomic E-state index is 0.127. The number of aromatic nitrogens is 3. The number of carbonyl (C=O) groups is 1. The van der Waals surface area contributed by atoms with Crippen molar-refractivity contribution in [3.8, 4) is 22.8 Å². The van der Waals surface area contributed by atoms with Crippen LogP contribution in [0, 0.1) is 0 Å². The fraction of sp³-hybridized carbons (Fsp3) is 0.250. The van der Waals surface area contributed by atoms with Crippen LogP contribution in [0.1, 0.15) is 12.0 Å². The quantitative estimate of drug-likeness (QED) is 0.472. The third-order valence-electron chi connectivity index (χ3n) is 4.78. The molecule has 9 nitrogen and oxygen atoms in total. The Morgan fingerprint density at radius 1 is 1.17 bits per heavy atom. The van der Waals surface area contributed by atoms with E-state index in [0.29, 0.717) is 18.0 Å². The Kier molecular flexibility index (Phi) is 5.96. The molecule has 1 unspecified atom stereocenters. The second-order valence-corrected chi connectivity index (χ2v) is 6.96. The number of carbonyl (C=O) groups excluding carboxylic acids is 1. The van der Waals surface area contributed by atoms with Crippen molar-refractivity contribution < 1.29 is 24.3 Å². The largest absolute Gasteiger partial charge is 0.475 e. The molecule has 0 spiro atoms. The standard InChI is InChI=1S/C20H21BN4O5/c26-20(8-9-25-12-16(23-24-25)15-4-2-1-3-5-15)22-19(21(27)28)11-14-6-7-17-18(10-14)30-13-29-17/h1-7,10,12,19,27-28H,8-9,11,13H2,(H,22,26). The second-order valence-electron chi connectivity index (χ2n) is 6.96. The van der Waals surface area contributed by atoms with E-state index >= 15 is 0 Å². The molecule has 30 heavy (non-hydrogen) atoms. The number of benzene rings is 2. The van der Waals surface area contributed by atoms with Gasteiger partial charge in [-0.1, -0.05) is 41.6 Å². The minimum atomic E-state index is -1.70. The zero-order valence-corrected chi connectivity index (χ0v) is 16.1. The zero-order valence-electron chi connectivity index (χ0n) is 16.1. The molecule has 1 aliphatic heterocycles. The molecule has 2 aromatic carbocycles. The number of ether oxygens (including phenoxy) is 2. The van der Waals surface area contributed by atoms with Gasteiger partial charge in [0, 0.05) is 12.0 Å². The minimum Gasteiger partial charge on any atom is -0.454 e. The summed E-state index contributed by atoms with van der Waals surface area (Å²) >= 11 is 0. The van der Waals surface area contributed by atoms with E-state index in [9.17, 15) is 14.8 Å². The van der Waals surface area contributed by atoms with Crippen molar-refractivity contribution in [1.82, 2.24) is 20.3 Å². The van der Waals surface area contributed by atoms with E-state index in [-0.39, 0.29) is 25.5 Å². The molecule has 4 rings (SSSR count). The van der Waals surface area contributed by atoms with E-state index in [1.807, 2.05) is 30.3 Å². The lowest BCUT2D eigenvalue weighted by atomic mass is 9.76. The first-order chi connectivity index (χ1) is 14.6. The molecule has 1 amide bonds. The first-order valence-corrected chi connectivity index (χ1v) is 9.58. The summed E-state index contributed by atoms with van der Waals surface area (Å²) in [6.07, 6.45) is 2.14. The van der Waals surface area contributed by atoms with Gasteiger partial charge in [0.25, 0.3) is 0 Å². The summed E-state index contributed by atoms with van der Waals surface area (Å²) in [5, 5.41) is 30.2. The number of hydrogen-bond donors (Lipinski definition) is 3. The molecule has 0 radical (unpaired) electrons. The van der Waals surface area contributed by atoms with Crippen LogP contribution in [0.5, 0.6) is 11.5 Å². The van der Waals surface area contributed by atoms with E-state index in [2.05, 4.69) is 15.6 Å². The summed E-state index contributed by atoms with van der Waals surface area (Å²) in [5.41, 5.74) is 2.46. The van der Waals surface area contributed by atoms with E-state index in [1.165, 1.54) is 0 Å². The van der Waals surface area contributed by atoms with Crippen molar-refractivity contribution in [2.75, 3.05) is 6.79 Å². The molecule has 0 fully saturated rings. The molecule has 1 aliphatic rings. The van der Waals surface area contributed by atoms with Crippen LogP contribution in [0.25, 0.3) is 11.3 Å². The van der Waals surface area contributed by atoms with Crippen LogP contribution in [-0.4, -0.2) is 50.8 Å². The van der Waals surface area contributed by atoms with Crippen molar-refractivity contribution in [3.63, 3.8) is 0 Å². The monoisotopic (exact) mass is 408 g/mol. The van der Waals surface area contributed by atoms with Gasteiger partial charge in [-0.3, -0.25) is 9.48 Å². The molecular weight excluding hydrogens is 387 g/mol. The maximum atomic E-state index is 12.3. The molecule has 0 bridgehead atoms. The number of amides is 1. The predicted molar refractivity (Wildman–Crippen MR) is 108 cm³/mol. The van der Waals surface area contributed by atoms with Gasteiger partial charge in [0.2, 0.25) is 12.7 Å². The van der Waals surface area contributed by atoms with Crippen LogP contribution in [0.2, 0.25) is 0 Å². The summed E-state index contributed by atoms with van der Waals surface area (Å²) in [5.74, 6) is 0.0797. The Balaban J connectivity index is 1.32. The number of nitrogens with one attached hydrogen (secondary N) is 1. The highest BCUT2D eigenvalue weighted by atomic mass is 16.7. The Morgan fingerprint density at radius 3 is 2.77 bits per heavy atom. The molecule has 1 aromatic heterocycles. The van der Waals surface area contributed by atoms with Crippen molar-refractivity contribution >= 4 is 13.0 Å². The SMILES string of the molecule is O=C(CCn1cc(-c2ccccc2)nn1)NC(Cc1ccc2c(c1)OCO2)B(O)O. The molecule has 154 valence electrons. The van der Waals surface area contributed by atoms with E-state index in [4.69, 9.17) is 9.47 Å². The van der Waals surface area contributed by atoms with Crippen molar-refractivity contribution in [2.45, 2.75) is 25.3 Å². The van der Waals surface area contributed by atoms with Crippen LogP contribution in [0.4, 0.5) is 0 Å². The molecular formula is C20H21BN4O5. The number of fused-ring (bicyclic) bond motifs is 1. The first kappa shape index (κ1) is 19.9. The average molecular weight is 408 g/mol. The molecule has 3 aromatic rings. The first-order valence-electron chi connectivity index (χ1n) is 9.58. The summed E-state index contributed by atoms with van der Waals surface area (Å²) < 4.78 is 12.2. The van der Waals surface area contributed by atoms with E-state index < -0.39 is 13.1 Å². The lowest BCUT2D eigenvalue weighted by molar-refractivity contribution is -0.121. The topological polar surface area (TPSA) is 119 Å².